The Balaban J connectivity index is 1.85. The quantitative estimate of drug-likeness (QED) is 0.783. The van der Waals surface area contributed by atoms with Gasteiger partial charge in [-0.2, -0.15) is 0 Å². The van der Waals surface area contributed by atoms with Crippen LogP contribution in [0.15, 0.2) is 42.5 Å². The minimum Gasteiger partial charge on any atom is -0.481 e. The summed E-state index contributed by atoms with van der Waals surface area (Å²) >= 11 is 0. The number of hydrogen-bond donors (Lipinski definition) is 1. The fourth-order valence-corrected chi connectivity index (χ4v) is 2.33. The molecule has 1 amide bonds. The van der Waals surface area contributed by atoms with Crippen LogP contribution in [0.5, 0.6) is 0 Å². The average Bonchev–Trinajstić information content (AvgIpc) is 2.80. The third-order valence-corrected chi connectivity index (χ3v) is 3.38. The second kappa shape index (κ2) is 7.47. The maximum absolute atomic E-state index is 11.7. The van der Waals surface area contributed by atoms with Crippen molar-refractivity contribution in [2.24, 2.45) is 0 Å². The van der Waals surface area contributed by atoms with Gasteiger partial charge in [0.25, 0.3) is 0 Å². The van der Waals surface area contributed by atoms with E-state index in [1.807, 2.05) is 30.3 Å². The van der Waals surface area contributed by atoms with Crippen molar-refractivity contribution in [2.75, 3.05) is 13.2 Å². The highest BCUT2D eigenvalue weighted by Gasteiger charge is 2.32. The number of rotatable bonds is 7. The van der Waals surface area contributed by atoms with Gasteiger partial charge in [0, 0.05) is 6.54 Å². The molecular formula is C16H19NO4. The van der Waals surface area contributed by atoms with Crippen molar-refractivity contribution < 1.29 is 19.4 Å². The van der Waals surface area contributed by atoms with Crippen LogP contribution >= 0.6 is 0 Å². The van der Waals surface area contributed by atoms with Crippen LogP contribution in [0.3, 0.4) is 0 Å². The van der Waals surface area contributed by atoms with Crippen molar-refractivity contribution in [2.45, 2.75) is 25.3 Å². The molecule has 1 aliphatic rings. The fraction of sp³-hybridized carbons (Fsp3) is 0.375. The molecule has 0 spiro atoms. The SMILES string of the molecule is O=C(O)CC=CCCN1C(=O)OCC1Cc1ccccc1. The third-order valence-electron chi connectivity index (χ3n) is 3.38. The summed E-state index contributed by atoms with van der Waals surface area (Å²) in [5.74, 6) is -0.853. The molecule has 1 atom stereocenters. The Kier molecular flexibility index (Phi) is 5.37. The molecule has 5 heteroatoms. The van der Waals surface area contributed by atoms with Gasteiger partial charge in [0.1, 0.15) is 6.61 Å². The Bertz CT molecular complexity index is 512. The van der Waals surface area contributed by atoms with Crippen molar-refractivity contribution in [1.29, 1.82) is 0 Å². The number of nitrogens with zero attached hydrogens (tertiary/aromatic N) is 1. The minimum atomic E-state index is -0.853. The van der Waals surface area contributed by atoms with Crippen LogP contribution in [-0.2, 0) is 16.0 Å². The zero-order valence-corrected chi connectivity index (χ0v) is 11.8. The summed E-state index contributed by atoms with van der Waals surface area (Å²) in [7, 11) is 0. The van der Waals surface area contributed by atoms with Gasteiger partial charge in [0.15, 0.2) is 0 Å². The Morgan fingerprint density at radius 1 is 1.33 bits per heavy atom. The van der Waals surface area contributed by atoms with Gasteiger partial charge in [-0.25, -0.2) is 4.79 Å². The number of carboxylic acid groups (broad SMARTS) is 1. The summed E-state index contributed by atoms with van der Waals surface area (Å²) in [6, 6.07) is 10.0. The number of cyclic esters (lactones) is 1. The predicted molar refractivity (Wildman–Crippen MR) is 78.0 cm³/mol. The number of carboxylic acids is 1. The lowest BCUT2D eigenvalue weighted by atomic mass is 10.1. The molecule has 0 aromatic heterocycles. The number of aliphatic carboxylic acids is 1. The fourth-order valence-electron chi connectivity index (χ4n) is 2.33. The lowest BCUT2D eigenvalue weighted by Gasteiger charge is -2.20. The Morgan fingerprint density at radius 3 is 2.81 bits per heavy atom. The molecule has 0 saturated carbocycles. The van der Waals surface area contributed by atoms with Crippen LogP contribution in [0, 0.1) is 0 Å². The lowest BCUT2D eigenvalue weighted by molar-refractivity contribution is -0.136. The molecule has 1 aromatic rings. The van der Waals surface area contributed by atoms with E-state index in [4.69, 9.17) is 9.84 Å². The first kappa shape index (κ1) is 15.1. The first-order valence-corrected chi connectivity index (χ1v) is 7.01. The van der Waals surface area contributed by atoms with Gasteiger partial charge in [0.05, 0.1) is 12.5 Å². The molecule has 0 bridgehead atoms. The number of benzene rings is 1. The van der Waals surface area contributed by atoms with E-state index < -0.39 is 5.97 Å². The molecule has 0 aliphatic carbocycles. The van der Waals surface area contributed by atoms with Gasteiger partial charge in [-0.15, -0.1) is 0 Å². The monoisotopic (exact) mass is 289 g/mol. The molecule has 1 N–H and O–H groups in total. The molecule has 5 nitrogen and oxygen atoms in total. The highest BCUT2D eigenvalue weighted by molar-refractivity contribution is 5.70. The lowest BCUT2D eigenvalue weighted by Crippen LogP contribution is -2.35. The normalized spacial score (nSPS) is 18.2. The molecule has 1 aliphatic heterocycles. The summed E-state index contributed by atoms with van der Waals surface area (Å²) in [4.78, 5) is 23.8. The van der Waals surface area contributed by atoms with E-state index in [2.05, 4.69) is 0 Å². The number of hydrogen-bond acceptors (Lipinski definition) is 3. The van der Waals surface area contributed by atoms with Gasteiger partial charge in [0.2, 0.25) is 0 Å². The first-order valence-electron chi connectivity index (χ1n) is 7.01. The van der Waals surface area contributed by atoms with E-state index in [1.54, 1.807) is 17.1 Å². The second-order valence-corrected chi connectivity index (χ2v) is 4.97. The maximum atomic E-state index is 11.7. The van der Waals surface area contributed by atoms with Gasteiger partial charge in [-0.05, 0) is 18.4 Å². The van der Waals surface area contributed by atoms with E-state index in [0.717, 1.165) is 6.42 Å². The number of carbonyl (C=O) groups is 2. The minimum absolute atomic E-state index is 0.0118. The Morgan fingerprint density at radius 2 is 2.10 bits per heavy atom. The zero-order valence-electron chi connectivity index (χ0n) is 11.8. The van der Waals surface area contributed by atoms with Crippen LogP contribution in [0.25, 0.3) is 0 Å². The first-order chi connectivity index (χ1) is 10.2. The van der Waals surface area contributed by atoms with E-state index in [-0.39, 0.29) is 18.6 Å². The van der Waals surface area contributed by atoms with Crippen molar-refractivity contribution >= 4 is 12.1 Å². The smallest absolute Gasteiger partial charge is 0.410 e. The van der Waals surface area contributed by atoms with E-state index in [1.165, 1.54) is 5.56 Å². The molecular weight excluding hydrogens is 270 g/mol. The molecule has 1 saturated heterocycles. The molecule has 0 radical (unpaired) electrons. The maximum Gasteiger partial charge on any atom is 0.410 e. The van der Waals surface area contributed by atoms with Crippen molar-refractivity contribution in [3.05, 3.63) is 48.0 Å². The van der Waals surface area contributed by atoms with E-state index >= 15 is 0 Å². The summed E-state index contributed by atoms with van der Waals surface area (Å²) in [5, 5.41) is 8.54. The third kappa shape index (κ3) is 4.63. The molecule has 1 heterocycles. The molecule has 2 rings (SSSR count). The van der Waals surface area contributed by atoms with Gasteiger partial charge >= 0.3 is 12.1 Å². The second-order valence-electron chi connectivity index (χ2n) is 4.97. The van der Waals surface area contributed by atoms with E-state index in [0.29, 0.717) is 19.6 Å². The Labute approximate surface area is 123 Å². The highest BCUT2D eigenvalue weighted by Crippen LogP contribution is 2.17. The summed E-state index contributed by atoms with van der Waals surface area (Å²) in [6.45, 7) is 0.957. The summed E-state index contributed by atoms with van der Waals surface area (Å²) < 4.78 is 5.11. The van der Waals surface area contributed by atoms with Crippen LogP contribution in [0.4, 0.5) is 4.79 Å². The van der Waals surface area contributed by atoms with Gasteiger partial charge in [-0.3, -0.25) is 4.79 Å². The highest BCUT2D eigenvalue weighted by atomic mass is 16.6. The molecule has 1 aromatic carbocycles. The predicted octanol–water partition coefficient (Wildman–Crippen LogP) is 2.47. The van der Waals surface area contributed by atoms with Crippen molar-refractivity contribution in [1.82, 2.24) is 4.90 Å². The largest absolute Gasteiger partial charge is 0.481 e. The van der Waals surface area contributed by atoms with E-state index in [9.17, 15) is 9.59 Å². The molecule has 1 unspecified atom stereocenters. The topological polar surface area (TPSA) is 66.8 Å². The number of amides is 1. The van der Waals surface area contributed by atoms with Crippen LogP contribution in [0.1, 0.15) is 18.4 Å². The van der Waals surface area contributed by atoms with Crippen LogP contribution in [-0.4, -0.2) is 41.3 Å². The Hall–Kier alpha value is -2.30. The van der Waals surface area contributed by atoms with Crippen LogP contribution < -0.4 is 0 Å². The van der Waals surface area contributed by atoms with Crippen molar-refractivity contribution in [3.8, 4) is 0 Å². The van der Waals surface area contributed by atoms with Crippen LogP contribution in [0.2, 0.25) is 0 Å². The van der Waals surface area contributed by atoms with Gasteiger partial charge < -0.3 is 14.7 Å². The zero-order chi connectivity index (χ0) is 15.1. The molecule has 21 heavy (non-hydrogen) atoms. The molecule has 112 valence electrons. The standard InChI is InChI=1S/C16H19NO4/c18-15(19)9-5-2-6-10-17-14(12-21-16(17)20)11-13-7-3-1-4-8-13/h1-5,7-8,14H,6,9-12H2,(H,18,19). The van der Waals surface area contributed by atoms with Gasteiger partial charge in [-0.1, -0.05) is 42.5 Å². The number of carbonyl (C=O) groups excluding carboxylic acids is 1. The molecule has 1 fully saturated rings. The number of ether oxygens (including phenoxy) is 1. The van der Waals surface area contributed by atoms with Crippen molar-refractivity contribution in [3.63, 3.8) is 0 Å². The summed E-state index contributed by atoms with van der Waals surface area (Å²) in [5.41, 5.74) is 1.17. The average molecular weight is 289 g/mol. The summed E-state index contributed by atoms with van der Waals surface area (Å²) in [6.07, 6.45) is 4.52.